The fourth-order valence-electron chi connectivity index (χ4n) is 1.25. The fraction of sp³-hybridized carbons (Fsp3) is 0.222. The number of hydrogen-bond acceptors (Lipinski definition) is 4. The number of nitrogens with one attached hydrogen (secondary N) is 1. The van der Waals surface area contributed by atoms with Crippen LogP contribution in [0.15, 0.2) is 24.3 Å². The van der Waals surface area contributed by atoms with E-state index in [0.717, 1.165) is 5.56 Å². The minimum atomic E-state index is -0.721. The van der Waals surface area contributed by atoms with Crippen molar-refractivity contribution in [2.24, 2.45) is 0 Å². The Bertz CT molecular complexity index is 414. The van der Waals surface area contributed by atoms with E-state index in [-0.39, 0.29) is 0 Å². The average molecular weight is 225 g/mol. The molecule has 1 atom stereocenters. The molecule has 78 valence electrons. The van der Waals surface area contributed by atoms with Gasteiger partial charge in [-0.05, 0) is 28.1 Å². The summed E-state index contributed by atoms with van der Waals surface area (Å²) in [6.07, 6.45) is -0.269. The number of H-pyrrole nitrogens is 1. The van der Waals surface area contributed by atoms with Crippen molar-refractivity contribution >= 4 is 11.6 Å². The van der Waals surface area contributed by atoms with Gasteiger partial charge in [0.25, 0.3) is 0 Å². The highest BCUT2D eigenvalue weighted by molar-refractivity contribution is 6.30. The van der Waals surface area contributed by atoms with Gasteiger partial charge in [0.2, 0.25) is 0 Å². The zero-order chi connectivity index (χ0) is 10.7. The van der Waals surface area contributed by atoms with Crippen LogP contribution in [-0.4, -0.2) is 25.7 Å². The Hall–Kier alpha value is -1.46. The molecule has 0 aliphatic carbocycles. The maximum atomic E-state index is 9.73. The van der Waals surface area contributed by atoms with Gasteiger partial charge in [0.05, 0.1) is 0 Å². The molecular formula is C9H9ClN4O. The predicted molar refractivity (Wildman–Crippen MR) is 54.3 cm³/mol. The van der Waals surface area contributed by atoms with Crippen molar-refractivity contribution in [1.29, 1.82) is 0 Å². The molecule has 0 saturated heterocycles. The number of tetrazole rings is 1. The quantitative estimate of drug-likeness (QED) is 0.820. The lowest BCUT2D eigenvalue weighted by atomic mass is 10.1. The topological polar surface area (TPSA) is 74.7 Å². The lowest BCUT2D eigenvalue weighted by Crippen LogP contribution is -2.03. The van der Waals surface area contributed by atoms with E-state index < -0.39 is 6.10 Å². The Morgan fingerprint density at radius 3 is 2.67 bits per heavy atom. The molecule has 2 rings (SSSR count). The normalized spacial score (nSPS) is 12.7. The Morgan fingerprint density at radius 1 is 1.33 bits per heavy atom. The summed E-state index contributed by atoms with van der Waals surface area (Å²) < 4.78 is 0. The van der Waals surface area contributed by atoms with E-state index in [0.29, 0.717) is 17.3 Å². The van der Waals surface area contributed by atoms with Crippen LogP contribution in [0.3, 0.4) is 0 Å². The Labute approximate surface area is 91.1 Å². The van der Waals surface area contributed by atoms with Gasteiger partial charge in [-0.1, -0.05) is 23.7 Å². The van der Waals surface area contributed by atoms with Crippen molar-refractivity contribution in [3.8, 4) is 0 Å². The first-order valence-electron chi connectivity index (χ1n) is 4.42. The summed E-state index contributed by atoms with van der Waals surface area (Å²) in [5.41, 5.74) is 0.975. The van der Waals surface area contributed by atoms with Gasteiger partial charge >= 0.3 is 0 Å². The summed E-state index contributed by atoms with van der Waals surface area (Å²) in [5, 5.41) is 23.4. The largest absolute Gasteiger partial charge is 0.385 e. The van der Waals surface area contributed by atoms with Crippen LogP contribution in [0.5, 0.6) is 0 Å². The lowest BCUT2D eigenvalue weighted by Gasteiger charge is -2.06. The molecule has 1 aromatic carbocycles. The second kappa shape index (κ2) is 4.37. The van der Waals surface area contributed by atoms with Crippen molar-refractivity contribution in [2.75, 3.05) is 0 Å². The third-order valence-corrected chi connectivity index (χ3v) is 2.27. The molecular weight excluding hydrogens is 216 g/mol. The summed E-state index contributed by atoms with van der Waals surface area (Å²) in [6, 6.07) is 7.27. The van der Waals surface area contributed by atoms with Crippen LogP contribution in [0.1, 0.15) is 17.5 Å². The highest BCUT2D eigenvalue weighted by Gasteiger charge is 2.11. The van der Waals surface area contributed by atoms with Crippen LogP contribution in [-0.2, 0) is 6.42 Å². The smallest absolute Gasteiger partial charge is 0.177 e. The van der Waals surface area contributed by atoms with Gasteiger partial charge in [-0.3, -0.25) is 0 Å². The van der Waals surface area contributed by atoms with Gasteiger partial charge in [-0.2, -0.15) is 0 Å². The molecule has 0 bridgehead atoms. The lowest BCUT2D eigenvalue weighted by molar-refractivity contribution is 0.168. The summed E-state index contributed by atoms with van der Waals surface area (Å²) in [7, 11) is 0. The van der Waals surface area contributed by atoms with Gasteiger partial charge in [0.1, 0.15) is 6.10 Å². The Morgan fingerprint density at radius 2 is 2.07 bits per heavy atom. The zero-order valence-electron chi connectivity index (χ0n) is 7.76. The van der Waals surface area contributed by atoms with Gasteiger partial charge in [0, 0.05) is 11.4 Å². The van der Waals surface area contributed by atoms with Crippen LogP contribution in [0, 0.1) is 0 Å². The van der Waals surface area contributed by atoms with Crippen molar-refractivity contribution in [2.45, 2.75) is 12.5 Å². The Balaban J connectivity index is 2.06. The van der Waals surface area contributed by atoms with E-state index in [1.165, 1.54) is 0 Å². The predicted octanol–water partition coefficient (Wildman–Crippen LogP) is 1.13. The molecule has 0 radical (unpaired) electrons. The molecule has 15 heavy (non-hydrogen) atoms. The van der Waals surface area contributed by atoms with Crippen LogP contribution in [0.4, 0.5) is 0 Å². The molecule has 2 N–H and O–H groups in total. The number of benzene rings is 1. The van der Waals surface area contributed by atoms with E-state index in [4.69, 9.17) is 11.6 Å². The maximum absolute atomic E-state index is 9.73. The molecule has 0 aliphatic rings. The zero-order valence-corrected chi connectivity index (χ0v) is 8.52. The van der Waals surface area contributed by atoms with E-state index in [1.807, 2.05) is 12.1 Å². The number of halogens is 1. The first-order chi connectivity index (χ1) is 7.25. The number of hydrogen-bond donors (Lipinski definition) is 2. The molecule has 5 nitrogen and oxygen atoms in total. The number of aliphatic hydroxyl groups excluding tert-OH is 1. The maximum Gasteiger partial charge on any atom is 0.177 e. The number of aromatic amines is 1. The van der Waals surface area contributed by atoms with Gasteiger partial charge in [0.15, 0.2) is 5.82 Å². The van der Waals surface area contributed by atoms with Crippen LogP contribution in [0.2, 0.25) is 5.02 Å². The highest BCUT2D eigenvalue weighted by atomic mass is 35.5. The molecule has 0 unspecified atom stereocenters. The number of nitrogens with zero attached hydrogens (tertiary/aromatic N) is 3. The SMILES string of the molecule is O[C@@H](Cc1ccc(Cl)cc1)c1nnn[nH]1. The summed E-state index contributed by atoms with van der Waals surface area (Å²) in [5.74, 6) is 0.366. The van der Waals surface area contributed by atoms with Crippen LogP contribution >= 0.6 is 11.6 Å². The number of aliphatic hydroxyl groups is 1. The number of rotatable bonds is 3. The first-order valence-corrected chi connectivity index (χ1v) is 4.79. The fourth-order valence-corrected chi connectivity index (χ4v) is 1.37. The van der Waals surface area contributed by atoms with Gasteiger partial charge < -0.3 is 5.11 Å². The third-order valence-electron chi connectivity index (χ3n) is 2.02. The molecule has 0 amide bonds. The molecule has 6 heteroatoms. The first kappa shape index (κ1) is 10.1. The van der Waals surface area contributed by atoms with Crippen molar-refractivity contribution in [3.63, 3.8) is 0 Å². The summed E-state index contributed by atoms with van der Waals surface area (Å²) in [4.78, 5) is 0. The summed E-state index contributed by atoms with van der Waals surface area (Å²) in [6.45, 7) is 0. The standard InChI is InChI=1S/C9H9ClN4O/c10-7-3-1-6(2-4-7)5-8(15)9-11-13-14-12-9/h1-4,8,15H,5H2,(H,11,12,13,14)/t8-/m0/s1. The second-order valence-corrected chi connectivity index (χ2v) is 3.57. The van der Waals surface area contributed by atoms with Gasteiger partial charge in [-0.25, -0.2) is 5.10 Å². The van der Waals surface area contributed by atoms with Gasteiger partial charge in [-0.15, -0.1) is 5.10 Å². The van der Waals surface area contributed by atoms with E-state index >= 15 is 0 Å². The third kappa shape index (κ3) is 2.51. The minimum absolute atomic E-state index is 0.366. The van der Waals surface area contributed by atoms with E-state index in [9.17, 15) is 5.11 Å². The molecule has 1 aromatic heterocycles. The monoisotopic (exact) mass is 224 g/mol. The molecule has 2 aromatic rings. The van der Waals surface area contributed by atoms with Crippen molar-refractivity contribution in [3.05, 3.63) is 40.7 Å². The molecule has 0 saturated carbocycles. The highest BCUT2D eigenvalue weighted by Crippen LogP contribution is 2.16. The molecule has 0 spiro atoms. The molecule has 0 fully saturated rings. The molecule has 1 heterocycles. The van der Waals surface area contributed by atoms with Crippen molar-refractivity contribution < 1.29 is 5.11 Å². The van der Waals surface area contributed by atoms with E-state index in [2.05, 4.69) is 20.6 Å². The van der Waals surface area contributed by atoms with Crippen LogP contribution in [0.25, 0.3) is 0 Å². The van der Waals surface area contributed by atoms with E-state index in [1.54, 1.807) is 12.1 Å². The molecule has 0 aliphatic heterocycles. The number of aromatic nitrogens is 4. The van der Waals surface area contributed by atoms with Crippen LogP contribution < -0.4 is 0 Å². The Kier molecular flexibility index (Phi) is 2.94. The summed E-state index contributed by atoms with van der Waals surface area (Å²) >= 11 is 5.75. The average Bonchev–Trinajstić information content (AvgIpc) is 2.74. The second-order valence-electron chi connectivity index (χ2n) is 3.13. The minimum Gasteiger partial charge on any atom is -0.385 e. The van der Waals surface area contributed by atoms with Crippen molar-refractivity contribution in [1.82, 2.24) is 20.6 Å².